The second-order valence-electron chi connectivity index (χ2n) is 6.24. The molecule has 5 heteroatoms. The molecule has 2 amide bonds. The molecule has 5 nitrogen and oxygen atoms in total. The zero-order valence-electron chi connectivity index (χ0n) is 13.4. The van der Waals surface area contributed by atoms with E-state index in [1.54, 1.807) is 36.1 Å². The van der Waals surface area contributed by atoms with Crippen LogP contribution in [-0.2, 0) is 4.79 Å². The third kappa shape index (κ3) is 4.31. The molecule has 2 N–H and O–H groups in total. The van der Waals surface area contributed by atoms with Crippen LogP contribution in [0.2, 0.25) is 0 Å². The van der Waals surface area contributed by atoms with Crippen molar-refractivity contribution in [2.45, 2.75) is 45.8 Å². The molecule has 0 spiro atoms. The standard InChI is InChI=1S/C17H24N2O3/c1-11(2)19(10-12(3)20)17(22)14-6-8-15(9-7-14)18-16(21)13-4-5-13/h6-9,11-13,20H,4-5,10H2,1-3H3,(H,18,21). The third-order valence-corrected chi connectivity index (χ3v) is 3.69. The van der Waals surface area contributed by atoms with E-state index < -0.39 is 6.10 Å². The quantitative estimate of drug-likeness (QED) is 0.847. The maximum atomic E-state index is 12.5. The maximum absolute atomic E-state index is 12.5. The molecule has 120 valence electrons. The summed E-state index contributed by atoms with van der Waals surface area (Å²) < 4.78 is 0. The number of rotatable bonds is 6. The molecule has 0 radical (unpaired) electrons. The molecule has 1 aliphatic rings. The fourth-order valence-electron chi connectivity index (χ4n) is 2.26. The van der Waals surface area contributed by atoms with Crippen LogP contribution in [0.4, 0.5) is 5.69 Å². The number of carbonyl (C=O) groups is 2. The van der Waals surface area contributed by atoms with Crippen LogP contribution >= 0.6 is 0 Å². The van der Waals surface area contributed by atoms with Crippen molar-refractivity contribution in [1.82, 2.24) is 4.90 Å². The van der Waals surface area contributed by atoms with E-state index in [9.17, 15) is 14.7 Å². The summed E-state index contributed by atoms with van der Waals surface area (Å²) in [7, 11) is 0. The average molecular weight is 304 g/mol. The summed E-state index contributed by atoms with van der Waals surface area (Å²) in [5.74, 6) is 0.0942. The second-order valence-corrected chi connectivity index (χ2v) is 6.24. The van der Waals surface area contributed by atoms with Gasteiger partial charge in [-0.25, -0.2) is 0 Å². The Morgan fingerprint density at radius 2 is 1.82 bits per heavy atom. The summed E-state index contributed by atoms with van der Waals surface area (Å²) in [4.78, 5) is 25.8. The molecule has 0 saturated heterocycles. The lowest BCUT2D eigenvalue weighted by molar-refractivity contribution is -0.117. The number of nitrogens with zero attached hydrogens (tertiary/aromatic N) is 1. The molecule has 0 aliphatic heterocycles. The number of amides is 2. The Kier molecular flexibility index (Phi) is 5.19. The lowest BCUT2D eigenvalue weighted by Crippen LogP contribution is -2.41. The summed E-state index contributed by atoms with van der Waals surface area (Å²) in [6.07, 6.45) is 1.36. The van der Waals surface area contributed by atoms with Gasteiger partial charge in [-0.1, -0.05) is 0 Å². The van der Waals surface area contributed by atoms with Gasteiger partial charge in [0.15, 0.2) is 0 Å². The van der Waals surface area contributed by atoms with E-state index in [-0.39, 0.29) is 23.8 Å². The summed E-state index contributed by atoms with van der Waals surface area (Å²) in [6, 6.07) is 6.92. The molecular weight excluding hydrogens is 280 g/mol. The van der Waals surface area contributed by atoms with Crippen molar-refractivity contribution in [2.24, 2.45) is 5.92 Å². The van der Waals surface area contributed by atoms with E-state index >= 15 is 0 Å². The van der Waals surface area contributed by atoms with Crippen LogP contribution < -0.4 is 5.32 Å². The van der Waals surface area contributed by atoms with Gasteiger partial charge in [-0.15, -0.1) is 0 Å². The lowest BCUT2D eigenvalue weighted by atomic mass is 10.1. The SMILES string of the molecule is CC(O)CN(C(=O)c1ccc(NC(=O)C2CC2)cc1)C(C)C. The molecule has 1 aliphatic carbocycles. The van der Waals surface area contributed by atoms with E-state index in [1.807, 2.05) is 13.8 Å². The molecule has 0 bridgehead atoms. The number of aliphatic hydroxyl groups is 1. The topological polar surface area (TPSA) is 69.6 Å². The van der Waals surface area contributed by atoms with E-state index in [2.05, 4.69) is 5.32 Å². The second kappa shape index (κ2) is 6.92. The van der Waals surface area contributed by atoms with Gasteiger partial charge < -0.3 is 15.3 Å². The van der Waals surface area contributed by atoms with Gasteiger partial charge in [0.05, 0.1) is 6.10 Å². The van der Waals surface area contributed by atoms with Crippen molar-refractivity contribution >= 4 is 17.5 Å². The Hall–Kier alpha value is -1.88. The van der Waals surface area contributed by atoms with Gasteiger partial charge in [0, 0.05) is 29.8 Å². The minimum Gasteiger partial charge on any atom is -0.392 e. The van der Waals surface area contributed by atoms with Crippen LogP contribution in [0.25, 0.3) is 0 Å². The van der Waals surface area contributed by atoms with E-state index in [0.717, 1.165) is 12.8 Å². The fraction of sp³-hybridized carbons (Fsp3) is 0.529. The Balaban J connectivity index is 2.04. The van der Waals surface area contributed by atoms with Gasteiger partial charge in [-0.2, -0.15) is 0 Å². The van der Waals surface area contributed by atoms with Crippen LogP contribution in [0.3, 0.4) is 0 Å². The number of aliphatic hydroxyl groups excluding tert-OH is 1. The maximum Gasteiger partial charge on any atom is 0.254 e. The summed E-state index contributed by atoms with van der Waals surface area (Å²) >= 11 is 0. The molecule has 1 saturated carbocycles. The van der Waals surface area contributed by atoms with Crippen LogP contribution in [0.5, 0.6) is 0 Å². The van der Waals surface area contributed by atoms with E-state index in [1.165, 1.54) is 0 Å². The summed E-state index contributed by atoms with van der Waals surface area (Å²) in [5.41, 5.74) is 1.26. The van der Waals surface area contributed by atoms with Crippen LogP contribution in [0.15, 0.2) is 24.3 Å². The summed E-state index contributed by atoms with van der Waals surface area (Å²) in [6.45, 7) is 5.81. The minimum atomic E-state index is -0.566. The minimum absolute atomic E-state index is 0.0105. The molecule has 1 aromatic carbocycles. The fourth-order valence-corrected chi connectivity index (χ4v) is 2.26. The molecule has 1 atom stereocenters. The highest BCUT2D eigenvalue weighted by Crippen LogP contribution is 2.30. The van der Waals surface area contributed by atoms with Crippen LogP contribution in [0.1, 0.15) is 44.0 Å². The molecule has 2 rings (SSSR count). The van der Waals surface area contributed by atoms with Crippen LogP contribution in [-0.4, -0.2) is 40.5 Å². The zero-order valence-corrected chi connectivity index (χ0v) is 13.4. The first-order chi connectivity index (χ1) is 10.4. The molecule has 0 heterocycles. The number of hydrogen-bond acceptors (Lipinski definition) is 3. The molecule has 1 aromatic rings. The normalized spacial score (nSPS) is 15.5. The molecule has 0 aromatic heterocycles. The first kappa shape index (κ1) is 16.5. The molecule has 1 fully saturated rings. The van der Waals surface area contributed by atoms with Crippen molar-refractivity contribution in [3.05, 3.63) is 29.8 Å². The van der Waals surface area contributed by atoms with E-state index in [4.69, 9.17) is 0 Å². The predicted octanol–water partition coefficient (Wildman–Crippen LogP) is 2.27. The smallest absolute Gasteiger partial charge is 0.254 e. The number of hydrogen-bond donors (Lipinski definition) is 2. The van der Waals surface area contributed by atoms with Crippen molar-refractivity contribution in [3.8, 4) is 0 Å². The Bertz CT molecular complexity index is 533. The third-order valence-electron chi connectivity index (χ3n) is 3.69. The first-order valence-electron chi connectivity index (χ1n) is 7.78. The van der Waals surface area contributed by atoms with Gasteiger partial charge in [-0.05, 0) is 57.9 Å². The number of carbonyl (C=O) groups excluding carboxylic acids is 2. The van der Waals surface area contributed by atoms with Crippen molar-refractivity contribution < 1.29 is 14.7 Å². The van der Waals surface area contributed by atoms with Crippen molar-refractivity contribution in [2.75, 3.05) is 11.9 Å². The molecule has 1 unspecified atom stereocenters. The number of nitrogens with one attached hydrogen (secondary N) is 1. The highest BCUT2D eigenvalue weighted by atomic mass is 16.3. The monoisotopic (exact) mass is 304 g/mol. The van der Waals surface area contributed by atoms with Gasteiger partial charge in [0.25, 0.3) is 5.91 Å². The first-order valence-corrected chi connectivity index (χ1v) is 7.78. The van der Waals surface area contributed by atoms with Crippen molar-refractivity contribution in [1.29, 1.82) is 0 Å². The largest absolute Gasteiger partial charge is 0.392 e. The Morgan fingerprint density at radius 1 is 1.23 bits per heavy atom. The molecular formula is C17H24N2O3. The van der Waals surface area contributed by atoms with Gasteiger partial charge in [-0.3, -0.25) is 9.59 Å². The van der Waals surface area contributed by atoms with Gasteiger partial charge in [0.1, 0.15) is 0 Å². The van der Waals surface area contributed by atoms with Gasteiger partial charge in [0.2, 0.25) is 5.91 Å². The van der Waals surface area contributed by atoms with E-state index in [0.29, 0.717) is 17.8 Å². The Morgan fingerprint density at radius 3 is 2.27 bits per heavy atom. The Labute approximate surface area is 131 Å². The summed E-state index contributed by atoms with van der Waals surface area (Å²) in [5, 5.41) is 12.4. The highest BCUT2D eigenvalue weighted by molar-refractivity contribution is 5.97. The number of benzene rings is 1. The predicted molar refractivity (Wildman–Crippen MR) is 85.6 cm³/mol. The number of anilines is 1. The highest BCUT2D eigenvalue weighted by Gasteiger charge is 2.29. The molecule has 22 heavy (non-hydrogen) atoms. The zero-order chi connectivity index (χ0) is 16.3. The lowest BCUT2D eigenvalue weighted by Gasteiger charge is -2.28. The average Bonchev–Trinajstić information content (AvgIpc) is 3.29. The van der Waals surface area contributed by atoms with Crippen LogP contribution in [0, 0.1) is 5.92 Å². The van der Waals surface area contributed by atoms with Crippen molar-refractivity contribution in [3.63, 3.8) is 0 Å². The van der Waals surface area contributed by atoms with Gasteiger partial charge >= 0.3 is 0 Å².